The lowest BCUT2D eigenvalue weighted by Crippen LogP contribution is -2.22. The Morgan fingerprint density at radius 2 is 1.52 bits per heavy atom. The zero-order valence-corrected chi connectivity index (χ0v) is 16.5. The number of anilines is 2. The Balaban J connectivity index is 1.96. The van der Waals surface area contributed by atoms with Gasteiger partial charge < -0.3 is 10.6 Å². The van der Waals surface area contributed by atoms with Gasteiger partial charge in [-0.25, -0.2) is 5.43 Å². The monoisotopic (exact) mass is 430 g/mol. The molecule has 2 rings (SSSR count). The summed E-state index contributed by atoms with van der Waals surface area (Å²) in [6.45, 7) is 3.03. The Morgan fingerprint density at radius 1 is 0.926 bits per heavy atom. The molecule has 0 unspecified atom stereocenters. The minimum atomic E-state index is -0.377. The van der Waals surface area contributed by atoms with Crippen LogP contribution in [0, 0.1) is 0 Å². The number of benzene rings is 2. The maximum Gasteiger partial charge on any atom is 0.272 e. The summed E-state index contributed by atoms with van der Waals surface area (Å²) in [5.74, 6) is -0.924. The summed E-state index contributed by atoms with van der Waals surface area (Å²) < 4.78 is 0.655. The lowest BCUT2D eigenvalue weighted by atomic mass is 10.2. The molecule has 3 N–H and O–H groups in total. The molecule has 0 spiro atoms. The molecule has 0 aromatic heterocycles. The molecule has 0 saturated carbocycles. The van der Waals surface area contributed by atoms with Gasteiger partial charge in [0.05, 0.1) is 23.4 Å². The third-order valence-corrected chi connectivity index (χ3v) is 4.09. The van der Waals surface area contributed by atoms with Crippen LogP contribution in [-0.2, 0) is 9.59 Å². The molecule has 7 nitrogen and oxygen atoms in total. The molecule has 0 saturated heterocycles. The van der Waals surface area contributed by atoms with Gasteiger partial charge in [-0.2, -0.15) is 5.10 Å². The molecule has 140 valence electrons. The number of carbonyl (C=O) groups excluding carboxylic acids is 3. The molecular weight excluding hydrogens is 412 g/mol. The second-order valence-electron chi connectivity index (χ2n) is 5.72. The fourth-order valence-corrected chi connectivity index (χ4v) is 2.67. The fourth-order valence-electron chi connectivity index (χ4n) is 2.21. The summed E-state index contributed by atoms with van der Waals surface area (Å²) in [7, 11) is 0. The predicted octanol–water partition coefficient (Wildman–Crippen LogP) is 3.54. The summed E-state index contributed by atoms with van der Waals surface area (Å²) in [4.78, 5) is 35.5. The maximum absolute atomic E-state index is 12.2. The molecular formula is C19H19BrN4O3. The molecule has 0 bridgehead atoms. The van der Waals surface area contributed by atoms with E-state index in [-0.39, 0.29) is 24.1 Å². The molecule has 0 aliphatic rings. The number of hydrazone groups is 1. The van der Waals surface area contributed by atoms with Crippen molar-refractivity contribution in [2.75, 3.05) is 10.6 Å². The van der Waals surface area contributed by atoms with E-state index in [1.807, 2.05) is 0 Å². The van der Waals surface area contributed by atoms with E-state index in [2.05, 4.69) is 37.1 Å². The maximum atomic E-state index is 12.2. The first-order chi connectivity index (χ1) is 12.9. The molecule has 0 aliphatic carbocycles. The molecule has 2 aromatic carbocycles. The lowest BCUT2D eigenvalue weighted by Gasteiger charge is -2.11. The number of amides is 3. The summed E-state index contributed by atoms with van der Waals surface area (Å²) in [6, 6.07) is 13.8. The second-order valence-corrected chi connectivity index (χ2v) is 6.57. The number of para-hydroxylation sites is 2. The van der Waals surface area contributed by atoms with Crippen LogP contribution in [0.25, 0.3) is 0 Å². The molecule has 0 heterocycles. The van der Waals surface area contributed by atoms with Crippen LogP contribution in [0.3, 0.4) is 0 Å². The summed E-state index contributed by atoms with van der Waals surface area (Å²) in [5.41, 5.74) is 4.31. The Labute approximate surface area is 165 Å². The quantitative estimate of drug-likeness (QED) is 0.482. The van der Waals surface area contributed by atoms with Gasteiger partial charge in [0.2, 0.25) is 11.8 Å². The van der Waals surface area contributed by atoms with Crippen LogP contribution in [0.2, 0.25) is 0 Å². The van der Waals surface area contributed by atoms with Gasteiger partial charge in [-0.15, -0.1) is 0 Å². The highest BCUT2D eigenvalue weighted by Crippen LogP contribution is 2.21. The zero-order valence-electron chi connectivity index (χ0n) is 14.9. The van der Waals surface area contributed by atoms with Crippen molar-refractivity contribution in [2.24, 2.45) is 5.10 Å². The highest BCUT2D eigenvalue weighted by atomic mass is 79.9. The van der Waals surface area contributed by atoms with Crippen LogP contribution in [0.5, 0.6) is 0 Å². The molecule has 2 aromatic rings. The average Bonchev–Trinajstić information content (AvgIpc) is 2.61. The second kappa shape index (κ2) is 9.63. The summed E-state index contributed by atoms with van der Waals surface area (Å²) in [5, 5.41) is 9.33. The fraction of sp³-hybridized carbons (Fsp3) is 0.158. The van der Waals surface area contributed by atoms with Crippen molar-refractivity contribution in [3.05, 3.63) is 58.6 Å². The summed E-state index contributed by atoms with van der Waals surface area (Å²) >= 11 is 3.30. The van der Waals surface area contributed by atoms with Crippen molar-refractivity contribution in [3.63, 3.8) is 0 Å². The van der Waals surface area contributed by atoms with Gasteiger partial charge in [0.15, 0.2) is 0 Å². The Kier molecular flexibility index (Phi) is 7.25. The number of carbonyl (C=O) groups is 3. The number of hydrogen-bond donors (Lipinski definition) is 3. The van der Waals surface area contributed by atoms with E-state index in [9.17, 15) is 14.4 Å². The van der Waals surface area contributed by atoms with Crippen LogP contribution in [0.4, 0.5) is 11.4 Å². The topological polar surface area (TPSA) is 99.7 Å². The van der Waals surface area contributed by atoms with Crippen LogP contribution in [0.15, 0.2) is 58.1 Å². The van der Waals surface area contributed by atoms with Crippen molar-refractivity contribution in [1.82, 2.24) is 5.43 Å². The lowest BCUT2D eigenvalue weighted by molar-refractivity contribution is -0.115. The molecule has 27 heavy (non-hydrogen) atoms. The van der Waals surface area contributed by atoms with E-state index < -0.39 is 0 Å². The van der Waals surface area contributed by atoms with Crippen molar-refractivity contribution in [1.29, 1.82) is 0 Å². The van der Waals surface area contributed by atoms with Gasteiger partial charge in [-0.05, 0) is 47.1 Å². The van der Waals surface area contributed by atoms with E-state index in [0.717, 1.165) is 0 Å². The molecule has 3 amide bonds. The number of hydrogen-bond acceptors (Lipinski definition) is 4. The molecule has 0 fully saturated rings. The van der Waals surface area contributed by atoms with Crippen molar-refractivity contribution in [3.8, 4) is 0 Å². The Bertz CT molecular complexity index is 896. The van der Waals surface area contributed by atoms with Crippen molar-refractivity contribution in [2.45, 2.75) is 20.3 Å². The Hall–Kier alpha value is -3.00. The number of nitrogens with one attached hydrogen (secondary N) is 3. The van der Waals surface area contributed by atoms with Gasteiger partial charge in [0.1, 0.15) is 0 Å². The first kappa shape index (κ1) is 20.3. The first-order valence-electron chi connectivity index (χ1n) is 8.11. The SMILES string of the molecule is CC(=O)Nc1ccccc1NC(=O)C/C(C)=N/NC(=O)c1ccccc1Br. The largest absolute Gasteiger partial charge is 0.325 e. The highest BCUT2D eigenvalue weighted by Gasteiger charge is 2.11. The van der Waals surface area contributed by atoms with Crippen LogP contribution in [-0.4, -0.2) is 23.4 Å². The zero-order chi connectivity index (χ0) is 19.8. The van der Waals surface area contributed by atoms with Gasteiger partial charge in [-0.1, -0.05) is 24.3 Å². The smallest absolute Gasteiger partial charge is 0.272 e. The van der Waals surface area contributed by atoms with Gasteiger partial charge in [-0.3, -0.25) is 14.4 Å². The van der Waals surface area contributed by atoms with E-state index in [1.54, 1.807) is 55.5 Å². The van der Waals surface area contributed by atoms with Crippen LogP contribution in [0.1, 0.15) is 30.6 Å². The number of rotatable bonds is 6. The highest BCUT2D eigenvalue weighted by molar-refractivity contribution is 9.10. The number of halogens is 1. The minimum Gasteiger partial charge on any atom is -0.325 e. The normalized spacial score (nSPS) is 10.9. The molecule has 0 atom stereocenters. The third-order valence-electron chi connectivity index (χ3n) is 3.40. The van der Waals surface area contributed by atoms with Crippen molar-refractivity contribution >= 4 is 50.7 Å². The van der Waals surface area contributed by atoms with E-state index in [0.29, 0.717) is 27.1 Å². The van der Waals surface area contributed by atoms with E-state index in [1.165, 1.54) is 6.92 Å². The van der Waals surface area contributed by atoms with Gasteiger partial charge in [0, 0.05) is 17.1 Å². The van der Waals surface area contributed by atoms with Crippen LogP contribution >= 0.6 is 15.9 Å². The minimum absolute atomic E-state index is 0.00928. The predicted molar refractivity (Wildman–Crippen MR) is 109 cm³/mol. The molecule has 8 heteroatoms. The molecule has 0 radical (unpaired) electrons. The van der Waals surface area contributed by atoms with E-state index in [4.69, 9.17) is 0 Å². The first-order valence-corrected chi connectivity index (χ1v) is 8.90. The van der Waals surface area contributed by atoms with Gasteiger partial charge in [0.25, 0.3) is 5.91 Å². The van der Waals surface area contributed by atoms with Crippen molar-refractivity contribution < 1.29 is 14.4 Å². The number of nitrogens with zero attached hydrogens (tertiary/aromatic N) is 1. The van der Waals surface area contributed by atoms with Crippen LogP contribution < -0.4 is 16.1 Å². The van der Waals surface area contributed by atoms with E-state index >= 15 is 0 Å². The molecule has 0 aliphatic heterocycles. The average molecular weight is 431 g/mol. The third kappa shape index (κ3) is 6.34. The Morgan fingerprint density at radius 3 is 2.15 bits per heavy atom. The standard InChI is InChI=1S/C19H19BrN4O3/c1-12(23-24-19(27)14-7-3-4-8-15(14)20)11-18(26)22-17-10-6-5-9-16(17)21-13(2)25/h3-10H,11H2,1-2H3,(H,21,25)(H,22,26)(H,24,27)/b23-12+. The summed E-state index contributed by atoms with van der Waals surface area (Å²) in [6.07, 6.45) is -0.00928. The van der Waals surface area contributed by atoms with Gasteiger partial charge >= 0.3 is 0 Å².